The quantitative estimate of drug-likeness (QED) is 0.690. The second-order valence-electron chi connectivity index (χ2n) is 5.40. The Hall–Kier alpha value is -1.78. The molecule has 0 aromatic heterocycles. The van der Waals surface area contributed by atoms with E-state index in [4.69, 9.17) is 10.5 Å². The highest BCUT2D eigenvalue weighted by Gasteiger charge is 2.09. The summed E-state index contributed by atoms with van der Waals surface area (Å²) in [6.45, 7) is 3.80. The normalized spacial score (nSPS) is 10.3. The zero-order chi connectivity index (χ0) is 15.8. The summed E-state index contributed by atoms with van der Waals surface area (Å²) in [5.41, 5.74) is 6.26. The van der Waals surface area contributed by atoms with Gasteiger partial charge in [-0.05, 0) is 29.8 Å². The Bertz CT molecular complexity index is 631. The van der Waals surface area contributed by atoms with E-state index in [1.807, 2.05) is 24.3 Å². The molecule has 0 radical (unpaired) electrons. The molecule has 0 unspecified atom stereocenters. The summed E-state index contributed by atoms with van der Waals surface area (Å²) in [4.78, 5) is 11.0. The molecule has 5 heteroatoms. The van der Waals surface area contributed by atoms with Gasteiger partial charge >= 0.3 is 0 Å². The average molecular weight is 337 g/mol. The van der Waals surface area contributed by atoms with Gasteiger partial charge in [0.25, 0.3) is 5.91 Å². The van der Waals surface area contributed by atoms with Crippen LogP contribution < -0.4 is 15.8 Å². The van der Waals surface area contributed by atoms with Gasteiger partial charge in [0, 0.05) is 12.1 Å². The molecule has 0 saturated carbocycles. The zero-order valence-electron chi connectivity index (χ0n) is 13.5. The highest BCUT2D eigenvalue weighted by Crippen LogP contribution is 2.28. The number of benzene rings is 2. The van der Waals surface area contributed by atoms with Gasteiger partial charge in [-0.15, -0.1) is 12.4 Å². The van der Waals surface area contributed by atoms with Crippen LogP contribution in [0.4, 0.5) is 0 Å². The van der Waals surface area contributed by atoms with Crippen LogP contribution in [-0.4, -0.2) is 19.1 Å². The molecule has 0 saturated heterocycles. The number of ether oxygens (including phenoxy) is 1. The van der Waals surface area contributed by atoms with E-state index in [0.717, 1.165) is 29.8 Å². The van der Waals surface area contributed by atoms with E-state index >= 15 is 0 Å². The van der Waals surface area contributed by atoms with Crippen LogP contribution in [0.2, 0.25) is 0 Å². The first-order chi connectivity index (χ1) is 10.7. The molecule has 126 valence electrons. The van der Waals surface area contributed by atoms with Crippen molar-refractivity contribution in [3.8, 4) is 5.75 Å². The van der Waals surface area contributed by atoms with Crippen molar-refractivity contribution < 1.29 is 9.53 Å². The number of amides is 1. The van der Waals surface area contributed by atoms with E-state index < -0.39 is 5.91 Å². The van der Waals surface area contributed by atoms with Crippen molar-refractivity contribution in [2.75, 3.05) is 13.2 Å². The third-order valence-electron chi connectivity index (χ3n) is 3.63. The van der Waals surface area contributed by atoms with E-state index in [2.05, 4.69) is 24.4 Å². The SMILES string of the molecule is CCCCCNCc1c(OCC(N)=O)ccc2ccccc12.Cl. The van der Waals surface area contributed by atoms with Crippen LogP contribution in [0.3, 0.4) is 0 Å². The zero-order valence-corrected chi connectivity index (χ0v) is 14.3. The molecule has 0 heterocycles. The van der Waals surface area contributed by atoms with Crippen LogP contribution in [0.25, 0.3) is 10.8 Å². The third kappa shape index (κ3) is 5.73. The van der Waals surface area contributed by atoms with Crippen molar-refractivity contribution in [2.24, 2.45) is 5.73 Å². The van der Waals surface area contributed by atoms with Gasteiger partial charge < -0.3 is 15.8 Å². The number of hydrogen-bond donors (Lipinski definition) is 2. The van der Waals surface area contributed by atoms with Crippen molar-refractivity contribution in [2.45, 2.75) is 32.7 Å². The minimum Gasteiger partial charge on any atom is -0.483 e. The van der Waals surface area contributed by atoms with E-state index in [0.29, 0.717) is 0 Å². The fraction of sp³-hybridized carbons (Fsp3) is 0.389. The van der Waals surface area contributed by atoms with Crippen molar-refractivity contribution >= 4 is 29.1 Å². The Labute approximate surface area is 143 Å². The number of hydrogen-bond acceptors (Lipinski definition) is 3. The number of nitrogens with one attached hydrogen (secondary N) is 1. The second-order valence-corrected chi connectivity index (χ2v) is 5.40. The van der Waals surface area contributed by atoms with Crippen molar-refractivity contribution in [1.82, 2.24) is 5.32 Å². The summed E-state index contributed by atoms with van der Waals surface area (Å²) in [5.74, 6) is 0.260. The molecule has 0 aliphatic heterocycles. The van der Waals surface area contributed by atoms with Crippen molar-refractivity contribution in [1.29, 1.82) is 0 Å². The topological polar surface area (TPSA) is 64.3 Å². The number of rotatable bonds is 9. The Morgan fingerprint density at radius 1 is 1.17 bits per heavy atom. The average Bonchev–Trinajstić information content (AvgIpc) is 2.53. The fourth-order valence-electron chi connectivity index (χ4n) is 2.50. The number of primary amides is 1. The number of nitrogens with two attached hydrogens (primary N) is 1. The molecule has 0 spiro atoms. The van der Waals surface area contributed by atoms with Crippen molar-refractivity contribution in [3.05, 3.63) is 42.0 Å². The molecule has 3 N–H and O–H groups in total. The molecule has 1 amide bonds. The lowest BCUT2D eigenvalue weighted by Crippen LogP contribution is -2.21. The summed E-state index contributed by atoms with van der Waals surface area (Å²) in [5, 5.41) is 5.77. The van der Waals surface area contributed by atoms with E-state index in [-0.39, 0.29) is 19.0 Å². The smallest absolute Gasteiger partial charge is 0.255 e. The highest BCUT2D eigenvalue weighted by molar-refractivity contribution is 5.88. The summed E-state index contributed by atoms with van der Waals surface area (Å²) in [7, 11) is 0. The predicted octanol–water partition coefficient (Wildman–Crippen LogP) is 3.41. The van der Waals surface area contributed by atoms with Crippen LogP contribution in [0.5, 0.6) is 5.75 Å². The first kappa shape index (κ1) is 19.3. The number of fused-ring (bicyclic) bond motifs is 1. The lowest BCUT2D eigenvalue weighted by Gasteiger charge is -2.14. The third-order valence-corrected chi connectivity index (χ3v) is 3.63. The molecule has 2 rings (SSSR count). The maximum absolute atomic E-state index is 11.0. The Morgan fingerprint density at radius 3 is 2.70 bits per heavy atom. The van der Waals surface area contributed by atoms with E-state index in [1.165, 1.54) is 24.6 Å². The van der Waals surface area contributed by atoms with Crippen molar-refractivity contribution in [3.63, 3.8) is 0 Å². The van der Waals surface area contributed by atoms with Gasteiger partial charge in [0.2, 0.25) is 0 Å². The Balaban J connectivity index is 0.00000264. The van der Waals surface area contributed by atoms with Gasteiger partial charge in [0.1, 0.15) is 5.75 Å². The van der Waals surface area contributed by atoms with Gasteiger partial charge in [-0.1, -0.05) is 50.1 Å². The molecule has 0 fully saturated rings. The molecule has 23 heavy (non-hydrogen) atoms. The molecule has 0 bridgehead atoms. The Kier molecular flexibility index (Phi) is 8.45. The minimum atomic E-state index is -0.463. The largest absolute Gasteiger partial charge is 0.483 e. The number of unbranched alkanes of at least 4 members (excludes halogenated alkanes) is 2. The number of carbonyl (C=O) groups excluding carboxylic acids is 1. The summed E-state index contributed by atoms with van der Waals surface area (Å²) in [6.07, 6.45) is 3.61. The lowest BCUT2D eigenvalue weighted by atomic mass is 10.0. The van der Waals surface area contributed by atoms with E-state index in [9.17, 15) is 4.79 Å². The molecule has 4 nitrogen and oxygen atoms in total. The van der Waals surface area contributed by atoms with E-state index in [1.54, 1.807) is 0 Å². The van der Waals surface area contributed by atoms with Crippen LogP contribution in [0, 0.1) is 0 Å². The Morgan fingerprint density at radius 2 is 1.96 bits per heavy atom. The molecular formula is C18H25ClN2O2. The predicted molar refractivity (Wildman–Crippen MR) is 97.1 cm³/mol. The van der Waals surface area contributed by atoms with Crippen LogP contribution in [0.15, 0.2) is 36.4 Å². The monoisotopic (exact) mass is 336 g/mol. The van der Waals surface area contributed by atoms with Gasteiger partial charge in [0.05, 0.1) is 0 Å². The molecule has 2 aromatic carbocycles. The molecular weight excluding hydrogens is 312 g/mol. The first-order valence-corrected chi connectivity index (χ1v) is 7.84. The van der Waals surface area contributed by atoms with Crippen LogP contribution >= 0.6 is 12.4 Å². The highest BCUT2D eigenvalue weighted by atomic mass is 35.5. The van der Waals surface area contributed by atoms with Gasteiger partial charge in [-0.2, -0.15) is 0 Å². The first-order valence-electron chi connectivity index (χ1n) is 7.84. The second kappa shape index (κ2) is 10.1. The fourth-order valence-corrected chi connectivity index (χ4v) is 2.50. The molecule has 0 aliphatic rings. The molecule has 0 atom stereocenters. The standard InChI is InChI=1S/C18H24N2O2.ClH/c1-2-3-6-11-20-12-16-15-8-5-4-7-14(15)9-10-17(16)22-13-18(19)21;/h4-5,7-10,20H,2-3,6,11-13H2,1H3,(H2,19,21);1H. The van der Waals surface area contributed by atoms with Gasteiger partial charge in [-0.25, -0.2) is 0 Å². The summed E-state index contributed by atoms with van der Waals surface area (Å²) < 4.78 is 5.57. The number of halogens is 1. The summed E-state index contributed by atoms with van der Waals surface area (Å²) >= 11 is 0. The van der Waals surface area contributed by atoms with Crippen LogP contribution in [-0.2, 0) is 11.3 Å². The number of carbonyl (C=O) groups is 1. The van der Waals surface area contributed by atoms with Gasteiger partial charge in [-0.3, -0.25) is 4.79 Å². The van der Waals surface area contributed by atoms with Gasteiger partial charge in [0.15, 0.2) is 6.61 Å². The molecule has 0 aliphatic carbocycles. The lowest BCUT2D eigenvalue weighted by molar-refractivity contribution is -0.119. The maximum atomic E-state index is 11.0. The van der Waals surface area contributed by atoms with Crippen LogP contribution in [0.1, 0.15) is 31.7 Å². The maximum Gasteiger partial charge on any atom is 0.255 e. The minimum absolute atomic E-state index is 0. The summed E-state index contributed by atoms with van der Waals surface area (Å²) in [6, 6.07) is 12.1. The molecule has 2 aromatic rings.